The average molecular weight is 270 g/mol. The van der Waals surface area contributed by atoms with Gasteiger partial charge in [0.25, 0.3) is 0 Å². The summed E-state index contributed by atoms with van der Waals surface area (Å²) in [5, 5.41) is 8.17. The van der Waals surface area contributed by atoms with Crippen LogP contribution in [0.2, 0.25) is 0 Å². The van der Waals surface area contributed by atoms with E-state index in [1.807, 2.05) is 6.07 Å². The van der Waals surface area contributed by atoms with Crippen molar-refractivity contribution in [2.45, 2.75) is 63.2 Å². The molecule has 2 aliphatic rings. The van der Waals surface area contributed by atoms with Crippen LogP contribution >= 0.6 is 0 Å². The highest BCUT2D eigenvalue weighted by atomic mass is 32.2. The molecule has 0 aromatic carbocycles. The van der Waals surface area contributed by atoms with E-state index in [-0.39, 0.29) is 6.04 Å². The van der Waals surface area contributed by atoms with E-state index in [4.69, 9.17) is 5.26 Å². The van der Waals surface area contributed by atoms with Crippen LogP contribution in [0, 0.1) is 17.2 Å². The predicted octanol–water partition coefficient (Wildman–Crippen LogP) is 2.27. The molecular weight excluding hydrogens is 248 g/mol. The summed E-state index contributed by atoms with van der Waals surface area (Å²) in [5.74, 6) is 0.526. The molecule has 1 heterocycles. The maximum Gasteiger partial charge on any atom is 0.230 e. The molecule has 1 aliphatic heterocycles. The van der Waals surface area contributed by atoms with Gasteiger partial charge in [-0.2, -0.15) is 9.57 Å². The molecule has 1 aliphatic carbocycles. The molecule has 18 heavy (non-hydrogen) atoms. The van der Waals surface area contributed by atoms with E-state index in [1.165, 1.54) is 6.42 Å². The van der Waals surface area contributed by atoms with Gasteiger partial charge in [-0.25, -0.2) is 8.42 Å². The fourth-order valence-electron chi connectivity index (χ4n) is 3.43. The molecule has 0 radical (unpaired) electrons. The molecule has 2 fully saturated rings. The van der Waals surface area contributed by atoms with Crippen LogP contribution in [-0.4, -0.2) is 30.6 Å². The maximum absolute atomic E-state index is 12.5. The topological polar surface area (TPSA) is 61.2 Å². The second kappa shape index (κ2) is 5.58. The summed E-state index contributed by atoms with van der Waals surface area (Å²) in [5.41, 5.74) is 0. The lowest BCUT2D eigenvalue weighted by Gasteiger charge is -2.43. The number of sulfonamides is 1. The van der Waals surface area contributed by atoms with Gasteiger partial charge in [0.15, 0.2) is 5.25 Å². The summed E-state index contributed by atoms with van der Waals surface area (Å²) in [4.78, 5) is 0. The van der Waals surface area contributed by atoms with E-state index in [1.54, 1.807) is 11.2 Å². The first-order valence-electron chi connectivity index (χ1n) is 7.01. The van der Waals surface area contributed by atoms with Crippen LogP contribution < -0.4 is 0 Å². The van der Waals surface area contributed by atoms with Gasteiger partial charge < -0.3 is 0 Å². The first-order chi connectivity index (χ1) is 8.61. The average Bonchev–Trinajstić information content (AvgIpc) is 2.39. The fourth-order valence-corrected chi connectivity index (χ4v) is 5.35. The van der Waals surface area contributed by atoms with Crippen LogP contribution in [0.3, 0.4) is 0 Å². The molecule has 4 nitrogen and oxygen atoms in total. The van der Waals surface area contributed by atoms with Crippen LogP contribution in [0.5, 0.6) is 0 Å². The molecule has 0 aromatic rings. The summed E-state index contributed by atoms with van der Waals surface area (Å²) in [6, 6.07) is 2.12. The van der Waals surface area contributed by atoms with Crippen molar-refractivity contribution in [1.82, 2.24) is 4.31 Å². The smallest absolute Gasteiger partial charge is 0.211 e. The minimum Gasteiger partial charge on any atom is -0.211 e. The second-order valence-corrected chi connectivity index (χ2v) is 7.50. The van der Waals surface area contributed by atoms with Crippen molar-refractivity contribution in [3.63, 3.8) is 0 Å². The number of hydrogen-bond donors (Lipinski definition) is 0. The largest absolute Gasteiger partial charge is 0.230 e. The number of piperidine rings is 1. The first-order valence-corrected chi connectivity index (χ1v) is 8.51. The zero-order valence-corrected chi connectivity index (χ0v) is 11.8. The predicted molar refractivity (Wildman–Crippen MR) is 70.3 cm³/mol. The van der Waals surface area contributed by atoms with Gasteiger partial charge >= 0.3 is 0 Å². The lowest BCUT2D eigenvalue weighted by atomic mass is 9.79. The van der Waals surface area contributed by atoms with E-state index in [0.717, 1.165) is 32.1 Å². The molecule has 0 N–H and O–H groups in total. The Bertz CT molecular complexity index is 425. The number of nitriles is 1. The lowest BCUT2D eigenvalue weighted by molar-refractivity contribution is 0.128. The fraction of sp³-hybridized carbons (Fsp3) is 0.923. The molecule has 0 aromatic heterocycles. The van der Waals surface area contributed by atoms with Crippen LogP contribution in [0.1, 0.15) is 51.9 Å². The summed E-state index contributed by atoms with van der Waals surface area (Å²) in [6.45, 7) is 2.38. The molecule has 1 unspecified atom stereocenters. The molecule has 0 spiro atoms. The molecule has 0 bridgehead atoms. The number of fused-ring (bicyclic) bond motifs is 1. The van der Waals surface area contributed by atoms with E-state index in [9.17, 15) is 8.42 Å². The molecule has 5 heteroatoms. The minimum atomic E-state index is -3.42. The Balaban J connectivity index is 2.23. The molecule has 3 atom stereocenters. The van der Waals surface area contributed by atoms with Crippen LogP contribution in [0.25, 0.3) is 0 Å². The van der Waals surface area contributed by atoms with Crippen molar-refractivity contribution in [3.8, 4) is 6.07 Å². The highest BCUT2D eigenvalue weighted by molar-refractivity contribution is 7.90. The van der Waals surface area contributed by atoms with Crippen LogP contribution in [0.4, 0.5) is 0 Å². The minimum absolute atomic E-state index is 0.167. The van der Waals surface area contributed by atoms with E-state index in [0.29, 0.717) is 18.9 Å². The Labute approximate surface area is 110 Å². The second-order valence-electron chi connectivity index (χ2n) is 5.44. The van der Waals surface area contributed by atoms with Gasteiger partial charge in [0.2, 0.25) is 10.0 Å². The normalized spacial score (nSPS) is 31.3. The summed E-state index contributed by atoms with van der Waals surface area (Å²) < 4.78 is 26.7. The van der Waals surface area contributed by atoms with Crippen molar-refractivity contribution in [2.75, 3.05) is 6.54 Å². The molecular formula is C13H22N2O2S. The number of hydrogen-bond acceptors (Lipinski definition) is 3. The van der Waals surface area contributed by atoms with E-state index in [2.05, 4.69) is 0 Å². The van der Waals surface area contributed by atoms with E-state index < -0.39 is 15.3 Å². The third-order valence-corrected chi connectivity index (χ3v) is 6.66. The third kappa shape index (κ3) is 2.41. The Kier molecular flexibility index (Phi) is 4.29. The zero-order chi connectivity index (χ0) is 13.2. The zero-order valence-electron chi connectivity index (χ0n) is 11.0. The molecule has 0 amide bonds. The van der Waals surface area contributed by atoms with Crippen molar-refractivity contribution in [2.24, 2.45) is 5.92 Å². The highest BCUT2D eigenvalue weighted by Crippen LogP contribution is 2.37. The summed E-state index contributed by atoms with van der Waals surface area (Å²) in [7, 11) is -3.42. The van der Waals surface area contributed by atoms with Gasteiger partial charge in [-0.1, -0.05) is 19.8 Å². The third-order valence-electron chi connectivity index (χ3n) is 4.39. The van der Waals surface area contributed by atoms with Crippen molar-refractivity contribution in [1.29, 1.82) is 5.26 Å². The van der Waals surface area contributed by atoms with Crippen LogP contribution in [-0.2, 0) is 10.0 Å². The Morgan fingerprint density at radius 1 is 1.28 bits per heavy atom. The van der Waals surface area contributed by atoms with Gasteiger partial charge in [-0.15, -0.1) is 0 Å². The van der Waals surface area contributed by atoms with Gasteiger partial charge in [-0.3, -0.25) is 0 Å². The quantitative estimate of drug-likeness (QED) is 0.790. The van der Waals surface area contributed by atoms with Gasteiger partial charge in [0.1, 0.15) is 0 Å². The summed E-state index contributed by atoms with van der Waals surface area (Å²) >= 11 is 0. The Morgan fingerprint density at radius 3 is 2.61 bits per heavy atom. The van der Waals surface area contributed by atoms with Gasteiger partial charge in [0, 0.05) is 12.6 Å². The Hall–Kier alpha value is -0.600. The highest BCUT2D eigenvalue weighted by Gasteiger charge is 2.42. The van der Waals surface area contributed by atoms with Gasteiger partial charge in [-0.05, 0) is 38.0 Å². The van der Waals surface area contributed by atoms with Crippen LogP contribution in [0.15, 0.2) is 0 Å². The molecule has 102 valence electrons. The van der Waals surface area contributed by atoms with Crippen molar-refractivity contribution in [3.05, 3.63) is 0 Å². The molecule has 1 saturated carbocycles. The molecule has 2 rings (SSSR count). The lowest BCUT2D eigenvalue weighted by Crippen LogP contribution is -2.52. The maximum atomic E-state index is 12.5. The van der Waals surface area contributed by atoms with Crippen molar-refractivity contribution < 1.29 is 8.42 Å². The SMILES string of the molecule is CCC(C#N)S(=O)(=O)N1CCC[C@H]2CCCC[C@H]21. The summed E-state index contributed by atoms with van der Waals surface area (Å²) in [6.07, 6.45) is 6.96. The van der Waals surface area contributed by atoms with Crippen molar-refractivity contribution >= 4 is 10.0 Å². The van der Waals surface area contributed by atoms with E-state index >= 15 is 0 Å². The number of rotatable bonds is 3. The Morgan fingerprint density at radius 2 is 1.94 bits per heavy atom. The first kappa shape index (κ1) is 13.8. The number of nitrogens with zero attached hydrogens (tertiary/aromatic N) is 2. The van der Waals surface area contributed by atoms with Gasteiger partial charge in [0.05, 0.1) is 6.07 Å². The monoisotopic (exact) mass is 270 g/mol. The standard InChI is InChI=1S/C13H22N2O2S/c1-2-12(10-14)18(16,17)15-9-5-7-11-6-3-4-8-13(11)15/h11-13H,2-9H2,1H3/t11-,12?,13-/m1/s1. The molecule has 1 saturated heterocycles.